The van der Waals surface area contributed by atoms with E-state index in [0.29, 0.717) is 20.8 Å². The molecule has 0 atom stereocenters. The highest BCUT2D eigenvalue weighted by molar-refractivity contribution is 7.17. The molecule has 2 aromatic heterocycles. The first-order chi connectivity index (χ1) is 14.8. The number of halogens is 3. The first-order valence-electron chi connectivity index (χ1n) is 9.04. The van der Waals surface area contributed by atoms with Crippen LogP contribution in [0.15, 0.2) is 63.5 Å². The van der Waals surface area contributed by atoms with Gasteiger partial charge >= 0.3 is 5.69 Å². The number of carbonyl (C=O) groups excluding carboxylic acids is 1. The minimum Gasteiger partial charge on any atom is -0.323 e. The van der Waals surface area contributed by atoms with Crippen LogP contribution in [0.4, 0.5) is 10.1 Å². The van der Waals surface area contributed by atoms with Gasteiger partial charge in [0.15, 0.2) is 0 Å². The van der Waals surface area contributed by atoms with Crippen LogP contribution in [0.1, 0.15) is 5.56 Å². The summed E-state index contributed by atoms with van der Waals surface area (Å²) in [5.41, 5.74) is 0.0838. The number of hydrogen-bond donors (Lipinski definition) is 1. The van der Waals surface area contributed by atoms with Gasteiger partial charge in [0, 0.05) is 5.02 Å². The molecule has 158 valence electrons. The summed E-state index contributed by atoms with van der Waals surface area (Å²) >= 11 is 13.3. The van der Waals surface area contributed by atoms with Crippen molar-refractivity contribution in [3.05, 3.63) is 96.2 Å². The van der Waals surface area contributed by atoms with E-state index in [4.69, 9.17) is 23.2 Å². The number of hydrogen-bond acceptors (Lipinski definition) is 4. The maximum absolute atomic E-state index is 13.2. The van der Waals surface area contributed by atoms with Gasteiger partial charge in [-0.25, -0.2) is 9.18 Å². The lowest BCUT2D eigenvalue weighted by molar-refractivity contribution is -0.116. The highest BCUT2D eigenvalue weighted by Gasteiger charge is 2.18. The number of nitrogens with zero attached hydrogens (tertiary/aromatic N) is 2. The molecule has 1 N–H and O–H groups in total. The molecule has 0 bridgehead atoms. The quantitative estimate of drug-likeness (QED) is 0.464. The third-order valence-electron chi connectivity index (χ3n) is 4.63. The van der Waals surface area contributed by atoms with Gasteiger partial charge in [-0.1, -0.05) is 41.4 Å². The zero-order chi connectivity index (χ0) is 22.1. The second-order valence-electron chi connectivity index (χ2n) is 6.66. The molecule has 0 aliphatic heterocycles. The Bertz CT molecular complexity index is 1430. The van der Waals surface area contributed by atoms with Gasteiger partial charge in [0.25, 0.3) is 5.56 Å². The van der Waals surface area contributed by atoms with Gasteiger partial charge in [-0.15, -0.1) is 11.3 Å². The van der Waals surface area contributed by atoms with Crippen LogP contribution in [0.2, 0.25) is 10.0 Å². The van der Waals surface area contributed by atoms with Crippen molar-refractivity contribution in [1.29, 1.82) is 0 Å². The van der Waals surface area contributed by atoms with Gasteiger partial charge in [-0.2, -0.15) is 0 Å². The van der Waals surface area contributed by atoms with E-state index >= 15 is 0 Å². The fourth-order valence-corrected chi connectivity index (χ4v) is 4.40. The molecule has 0 spiro atoms. The van der Waals surface area contributed by atoms with E-state index in [1.807, 2.05) is 0 Å². The first-order valence-corrected chi connectivity index (χ1v) is 10.7. The Kier molecular flexibility index (Phi) is 5.95. The Morgan fingerprint density at radius 2 is 1.81 bits per heavy atom. The standard InChI is InChI=1S/C21H14Cl2FN3O3S/c22-14-4-2-1-3-12(14)10-27-20(29)19-17(7-8-31-19)26(21(27)30)11-18(28)25-16-6-5-13(24)9-15(16)23/h1-9H,10-11H2,(H,25,28). The Labute approximate surface area is 189 Å². The molecule has 2 heterocycles. The van der Waals surface area contributed by atoms with Crippen LogP contribution in [0.3, 0.4) is 0 Å². The number of benzene rings is 2. The van der Waals surface area contributed by atoms with E-state index in [2.05, 4.69) is 5.32 Å². The monoisotopic (exact) mass is 477 g/mol. The zero-order valence-corrected chi connectivity index (χ0v) is 18.1. The lowest BCUT2D eigenvalue weighted by Crippen LogP contribution is -2.41. The molecule has 2 aromatic carbocycles. The summed E-state index contributed by atoms with van der Waals surface area (Å²) in [5.74, 6) is -1.09. The highest BCUT2D eigenvalue weighted by atomic mass is 35.5. The molecule has 6 nitrogen and oxygen atoms in total. The predicted molar refractivity (Wildman–Crippen MR) is 121 cm³/mol. The number of amides is 1. The summed E-state index contributed by atoms with van der Waals surface area (Å²) in [6, 6.07) is 12.1. The van der Waals surface area contributed by atoms with Crippen LogP contribution in [0.25, 0.3) is 10.2 Å². The third-order valence-corrected chi connectivity index (χ3v) is 6.20. The smallest absolute Gasteiger partial charge is 0.323 e. The molecule has 4 rings (SSSR count). The fourth-order valence-electron chi connectivity index (χ4n) is 3.15. The number of thiophene rings is 1. The highest BCUT2D eigenvalue weighted by Crippen LogP contribution is 2.23. The van der Waals surface area contributed by atoms with E-state index in [9.17, 15) is 18.8 Å². The molecule has 0 saturated heterocycles. The summed E-state index contributed by atoms with van der Waals surface area (Å²) < 4.78 is 15.8. The molecule has 10 heteroatoms. The molecule has 0 unspecified atom stereocenters. The maximum atomic E-state index is 13.2. The van der Waals surface area contributed by atoms with Crippen molar-refractivity contribution in [1.82, 2.24) is 9.13 Å². The van der Waals surface area contributed by atoms with Crippen LogP contribution < -0.4 is 16.6 Å². The number of aromatic nitrogens is 2. The summed E-state index contributed by atoms with van der Waals surface area (Å²) in [4.78, 5) is 38.7. The number of rotatable bonds is 5. The average Bonchev–Trinajstić information content (AvgIpc) is 3.22. The van der Waals surface area contributed by atoms with Crippen molar-refractivity contribution in [2.24, 2.45) is 0 Å². The van der Waals surface area contributed by atoms with Gasteiger partial charge in [0.05, 0.1) is 22.8 Å². The van der Waals surface area contributed by atoms with Crippen LogP contribution in [0.5, 0.6) is 0 Å². The number of anilines is 1. The molecule has 31 heavy (non-hydrogen) atoms. The lowest BCUT2D eigenvalue weighted by Gasteiger charge is -2.13. The molecule has 0 saturated carbocycles. The molecule has 0 fully saturated rings. The Morgan fingerprint density at radius 3 is 2.55 bits per heavy atom. The fraction of sp³-hybridized carbons (Fsp3) is 0.0952. The molecular weight excluding hydrogens is 464 g/mol. The van der Waals surface area contributed by atoms with Crippen molar-refractivity contribution in [3.63, 3.8) is 0 Å². The van der Waals surface area contributed by atoms with Crippen molar-refractivity contribution in [2.75, 3.05) is 5.32 Å². The SMILES string of the molecule is O=C(Cn1c(=O)n(Cc2ccccc2Cl)c(=O)c2sccc21)Nc1ccc(F)cc1Cl. The summed E-state index contributed by atoms with van der Waals surface area (Å²) in [7, 11) is 0. The Morgan fingerprint density at radius 1 is 1.03 bits per heavy atom. The van der Waals surface area contributed by atoms with Crippen LogP contribution >= 0.6 is 34.5 Å². The Hall–Kier alpha value is -2.94. The first kappa shape index (κ1) is 21.3. The lowest BCUT2D eigenvalue weighted by atomic mass is 10.2. The second-order valence-corrected chi connectivity index (χ2v) is 8.39. The molecule has 4 aromatic rings. The van der Waals surface area contributed by atoms with Gasteiger partial charge in [0.1, 0.15) is 17.1 Å². The number of nitrogens with one attached hydrogen (secondary N) is 1. The topological polar surface area (TPSA) is 73.1 Å². The number of carbonyl (C=O) groups is 1. The molecule has 0 radical (unpaired) electrons. The van der Waals surface area contributed by atoms with Gasteiger partial charge in [0.2, 0.25) is 5.91 Å². The summed E-state index contributed by atoms with van der Waals surface area (Å²) in [5, 5.41) is 4.70. The molecule has 1 amide bonds. The van der Waals surface area contributed by atoms with Crippen LogP contribution in [0, 0.1) is 5.82 Å². The van der Waals surface area contributed by atoms with E-state index in [-0.39, 0.29) is 23.8 Å². The van der Waals surface area contributed by atoms with E-state index in [1.165, 1.54) is 22.0 Å². The largest absolute Gasteiger partial charge is 0.332 e. The van der Waals surface area contributed by atoms with Crippen molar-refractivity contribution >= 4 is 56.3 Å². The molecule has 0 aliphatic rings. The Balaban J connectivity index is 1.73. The predicted octanol–water partition coefficient (Wildman–Crippen LogP) is 4.36. The normalized spacial score (nSPS) is 11.1. The maximum Gasteiger partial charge on any atom is 0.332 e. The van der Waals surface area contributed by atoms with Gasteiger partial charge < -0.3 is 5.32 Å². The average molecular weight is 478 g/mol. The summed E-state index contributed by atoms with van der Waals surface area (Å²) in [6.45, 7) is -0.390. The van der Waals surface area contributed by atoms with E-state index in [1.54, 1.807) is 35.7 Å². The van der Waals surface area contributed by atoms with Crippen LogP contribution in [-0.2, 0) is 17.9 Å². The second kappa shape index (κ2) is 8.66. The third kappa shape index (κ3) is 4.27. The van der Waals surface area contributed by atoms with Crippen molar-refractivity contribution in [3.8, 4) is 0 Å². The minimum atomic E-state index is -0.642. The van der Waals surface area contributed by atoms with Gasteiger partial charge in [-0.05, 0) is 41.3 Å². The van der Waals surface area contributed by atoms with Crippen molar-refractivity contribution < 1.29 is 9.18 Å². The number of fused-ring (bicyclic) bond motifs is 1. The summed E-state index contributed by atoms with van der Waals surface area (Å²) in [6.07, 6.45) is 0. The van der Waals surface area contributed by atoms with Crippen molar-refractivity contribution in [2.45, 2.75) is 13.1 Å². The van der Waals surface area contributed by atoms with E-state index in [0.717, 1.165) is 16.7 Å². The molecule has 0 aliphatic carbocycles. The molecular formula is C21H14Cl2FN3O3S. The van der Waals surface area contributed by atoms with Gasteiger partial charge in [-0.3, -0.25) is 18.7 Å². The van der Waals surface area contributed by atoms with Crippen LogP contribution in [-0.4, -0.2) is 15.0 Å². The minimum absolute atomic E-state index is 0.0312. The van der Waals surface area contributed by atoms with E-state index < -0.39 is 23.0 Å². The zero-order valence-electron chi connectivity index (χ0n) is 15.8.